The Kier molecular flexibility index (Phi) is 3.16. The summed E-state index contributed by atoms with van der Waals surface area (Å²) in [6, 6.07) is 1.61. The molecule has 0 saturated heterocycles. The van der Waals surface area contributed by atoms with Gasteiger partial charge in [0.2, 0.25) is 5.78 Å². The van der Waals surface area contributed by atoms with Crippen LogP contribution in [0.2, 0.25) is 0 Å². The van der Waals surface area contributed by atoms with Crippen molar-refractivity contribution in [3.8, 4) is 0 Å². The Bertz CT molecular complexity index is 530. The predicted molar refractivity (Wildman–Crippen MR) is 68.8 cm³/mol. The molecule has 0 N–H and O–H groups in total. The van der Waals surface area contributed by atoms with E-state index < -0.39 is 11.7 Å². The van der Waals surface area contributed by atoms with Crippen LogP contribution in [0.5, 0.6) is 0 Å². The van der Waals surface area contributed by atoms with Gasteiger partial charge in [0.15, 0.2) is 11.6 Å². The summed E-state index contributed by atoms with van der Waals surface area (Å²) < 4.78 is 1.56. The van der Waals surface area contributed by atoms with E-state index in [0.717, 1.165) is 5.69 Å². The van der Waals surface area contributed by atoms with Crippen LogP contribution in [-0.4, -0.2) is 27.1 Å². The zero-order valence-corrected chi connectivity index (χ0v) is 11.7. The first-order valence-corrected chi connectivity index (χ1v) is 6.31. The Morgan fingerprint density at radius 1 is 1.32 bits per heavy atom. The number of hydrogen-bond acceptors (Lipinski definition) is 4. The first-order valence-electron chi connectivity index (χ1n) is 6.31. The van der Waals surface area contributed by atoms with Gasteiger partial charge in [-0.3, -0.25) is 19.1 Å². The summed E-state index contributed by atoms with van der Waals surface area (Å²) in [5.74, 6) is -2.18. The molecule has 0 amide bonds. The van der Waals surface area contributed by atoms with Crippen molar-refractivity contribution in [2.24, 2.45) is 18.4 Å². The standard InChI is InChI=1S/C14H18N2O3/c1-8-5-9(15-16(8)4)13(19)12-10(17)6-14(2,3)7-11(12)18/h5,12H,6-7H2,1-4H3. The van der Waals surface area contributed by atoms with E-state index in [9.17, 15) is 14.4 Å². The van der Waals surface area contributed by atoms with Gasteiger partial charge in [0.05, 0.1) is 0 Å². The van der Waals surface area contributed by atoms with E-state index >= 15 is 0 Å². The molecule has 0 radical (unpaired) electrons. The zero-order valence-electron chi connectivity index (χ0n) is 11.7. The Morgan fingerprint density at radius 3 is 2.26 bits per heavy atom. The highest BCUT2D eigenvalue weighted by Gasteiger charge is 2.44. The van der Waals surface area contributed by atoms with Crippen LogP contribution >= 0.6 is 0 Å². The molecule has 1 saturated carbocycles. The fourth-order valence-electron chi connectivity index (χ4n) is 2.51. The van der Waals surface area contributed by atoms with E-state index in [1.165, 1.54) is 0 Å². The number of aryl methyl sites for hydroxylation is 2. The number of Topliss-reactive ketones (excluding diaryl/α,β-unsaturated/α-hetero) is 3. The fourth-order valence-corrected chi connectivity index (χ4v) is 2.51. The molecule has 5 heteroatoms. The molecule has 1 fully saturated rings. The van der Waals surface area contributed by atoms with Crippen LogP contribution in [0.3, 0.4) is 0 Å². The second kappa shape index (κ2) is 4.40. The minimum atomic E-state index is -1.15. The second-order valence-corrected chi connectivity index (χ2v) is 6.04. The van der Waals surface area contributed by atoms with Crippen molar-refractivity contribution in [3.63, 3.8) is 0 Å². The van der Waals surface area contributed by atoms with Crippen LogP contribution in [0, 0.1) is 18.3 Å². The Balaban J connectivity index is 2.29. The van der Waals surface area contributed by atoms with Gasteiger partial charge in [0.25, 0.3) is 0 Å². The summed E-state index contributed by atoms with van der Waals surface area (Å²) in [7, 11) is 1.72. The lowest BCUT2D eigenvalue weighted by Gasteiger charge is -2.30. The van der Waals surface area contributed by atoms with Gasteiger partial charge in [0.1, 0.15) is 11.6 Å². The number of hydrogen-bond donors (Lipinski definition) is 0. The molecule has 5 nitrogen and oxygen atoms in total. The largest absolute Gasteiger partial charge is 0.298 e. The summed E-state index contributed by atoms with van der Waals surface area (Å²) >= 11 is 0. The normalized spacial score (nSPS) is 19.8. The number of carbonyl (C=O) groups excluding carboxylic acids is 3. The van der Waals surface area contributed by atoms with Crippen molar-refractivity contribution in [2.45, 2.75) is 33.6 Å². The minimum Gasteiger partial charge on any atom is -0.298 e. The number of ketones is 3. The molecule has 1 heterocycles. The summed E-state index contributed by atoms with van der Waals surface area (Å²) in [6.45, 7) is 5.56. The number of rotatable bonds is 2. The maximum atomic E-state index is 12.3. The van der Waals surface area contributed by atoms with E-state index in [2.05, 4.69) is 5.10 Å². The molecule has 1 aliphatic rings. The van der Waals surface area contributed by atoms with Crippen LogP contribution in [0.4, 0.5) is 0 Å². The Hall–Kier alpha value is -1.78. The van der Waals surface area contributed by atoms with Gasteiger partial charge >= 0.3 is 0 Å². The highest BCUT2D eigenvalue weighted by molar-refractivity contribution is 6.24. The van der Waals surface area contributed by atoms with Crippen molar-refractivity contribution >= 4 is 17.3 Å². The molecule has 0 aliphatic heterocycles. The monoisotopic (exact) mass is 262 g/mol. The third kappa shape index (κ3) is 2.50. The summed E-state index contributed by atoms with van der Waals surface area (Å²) in [5, 5.41) is 4.05. The van der Waals surface area contributed by atoms with Gasteiger partial charge in [-0.15, -0.1) is 0 Å². The van der Waals surface area contributed by atoms with Gasteiger partial charge in [-0.25, -0.2) is 0 Å². The van der Waals surface area contributed by atoms with E-state index in [1.54, 1.807) is 17.8 Å². The van der Waals surface area contributed by atoms with Crippen molar-refractivity contribution in [1.82, 2.24) is 9.78 Å². The van der Waals surface area contributed by atoms with Crippen molar-refractivity contribution in [2.75, 3.05) is 0 Å². The average molecular weight is 262 g/mol. The van der Waals surface area contributed by atoms with Crippen LogP contribution < -0.4 is 0 Å². The van der Waals surface area contributed by atoms with Crippen LogP contribution in [0.25, 0.3) is 0 Å². The molecule has 0 atom stereocenters. The highest BCUT2D eigenvalue weighted by Crippen LogP contribution is 2.34. The maximum Gasteiger partial charge on any atom is 0.200 e. The lowest BCUT2D eigenvalue weighted by Crippen LogP contribution is -2.42. The summed E-state index contributed by atoms with van der Waals surface area (Å²) in [5.41, 5.74) is 0.677. The third-order valence-electron chi connectivity index (χ3n) is 3.58. The van der Waals surface area contributed by atoms with Crippen LogP contribution in [-0.2, 0) is 16.6 Å². The maximum absolute atomic E-state index is 12.3. The molecule has 0 unspecified atom stereocenters. The zero-order chi connectivity index (χ0) is 14.4. The highest BCUT2D eigenvalue weighted by atomic mass is 16.2. The molecule has 0 spiro atoms. The van der Waals surface area contributed by atoms with Crippen LogP contribution in [0.1, 0.15) is 42.9 Å². The van der Waals surface area contributed by atoms with Gasteiger partial charge < -0.3 is 0 Å². The van der Waals surface area contributed by atoms with E-state index in [4.69, 9.17) is 0 Å². The van der Waals surface area contributed by atoms with Gasteiger partial charge in [-0.1, -0.05) is 13.8 Å². The molecule has 0 bridgehead atoms. The first kappa shape index (κ1) is 13.6. The molecule has 0 aromatic carbocycles. The topological polar surface area (TPSA) is 69.0 Å². The SMILES string of the molecule is Cc1cc(C(=O)C2C(=O)CC(C)(C)CC2=O)nn1C. The second-order valence-electron chi connectivity index (χ2n) is 6.04. The van der Waals surface area contributed by atoms with Crippen LogP contribution in [0.15, 0.2) is 6.07 Å². The van der Waals surface area contributed by atoms with Gasteiger partial charge in [-0.2, -0.15) is 5.10 Å². The van der Waals surface area contributed by atoms with E-state index in [-0.39, 0.29) is 35.5 Å². The van der Waals surface area contributed by atoms with E-state index in [1.807, 2.05) is 20.8 Å². The summed E-state index contributed by atoms with van der Waals surface area (Å²) in [6.07, 6.45) is 0.530. The molecule has 102 valence electrons. The van der Waals surface area contributed by atoms with Crippen molar-refractivity contribution in [1.29, 1.82) is 0 Å². The molecule has 2 rings (SSSR count). The fraction of sp³-hybridized carbons (Fsp3) is 0.571. The number of carbonyl (C=O) groups is 3. The predicted octanol–water partition coefficient (Wildman–Crippen LogP) is 1.49. The number of aromatic nitrogens is 2. The van der Waals surface area contributed by atoms with Gasteiger partial charge in [0, 0.05) is 25.6 Å². The molecular formula is C14H18N2O3. The molecule has 19 heavy (non-hydrogen) atoms. The first-order chi connectivity index (χ1) is 8.71. The Morgan fingerprint density at radius 2 is 1.84 bits per heavy atom. The smallest absolute Gasteiger partial charge is 0.200 e. The molecular weight excluding hydrogens is 244 g/mol. The lowest BCUT2D eigenvalue weighted by molar-refractivity contribution is -0.137. The lowest BCUT2D eigenvalue weighted by atomic mass is 9.70. The quantitative estimate of drug-likeness (QED) is 0.598. The van der Waals surface area contributed by atoms with Crippen molar-refractivity contribution < 1.29 is 14.4 Å². The third-order valence-corrected chi connectivity index (χ3v) is 3.58. The summed E-state index contributed by atoms with van der Waals surface area (Å²) in [4.78, 5) is 36.4. The minimum absolute atomic E-state index is 0.200. The molecule has 1 aromatic heterocycles. The molecule has 1 aliphatic carbocycles. The van der Waals surface area contributed by atoms with Crippen molar-refractivity contribution in [3.05, 3.63) is 17.5 Å². The Labute approximate surface area is 112 Å². The average Bonchev–Trinajstić information content (AvgIpc) is 2.56. The van der Waals surface area contributed by atoms with Gasteiger partial charge in [-0.05, 0) is 18.4 Å². The molecule has 1 aromatic rings. The number of nitrogens with zero attached hydrogens (tertiary/aromatic N) is 2. The van der Waals surface area contributed by atoms with E-state index in [0.29, 0.717) is 0 Å².